The zero-order chi connectivity index (χ0) is 35.7. The number of ether oxygens (including phenoxy) is 1. The summed E-state index contributed by atoms with van der Waals surface area (Å²) in [4.78, 5) is 56.7. The fourth-order valence-corrected chi connectivity index (χ4v) is 6.31. The maximum atomic E-state index is 14.1. The third-order valence-electron chi connectivity index (χ3n) is 8.95. The molecule has 4 aromatic carbocycles. The highest BCUT2D eigenvalue weighted by atomic mass is 16.5. The molecule has 2 N–H and O–H groups in total. The summed E-state index contributed by atoms with van der Waals surface area (Å²) in [7, 11) is 0. The average molecular weight is 675 g/mol. The third kappa shape index (κ3) is 8.96. The summed E-state index contributed by atoms with van der Waals surface area (Å²) >= 11 is 0. The number of fused-ring (bicyclic) bond motifs is 1. The average Bonchev–Trinajstić information content (AvgIpc) is 3.24. The summed E-state index contributed by atoms with van der Waals surface area (Å²) in [6.07, 6.45) is 0.405. The molecule has 0 aliphatic carbocycles. The van der Waals surface area contributed by atoms with E-state index in [1.54, 1.807) is 18.7 Å². The highest BCUT2D eigenvalue weighted by molar-refractivity contribution is 6.01. The minimum Gasteiger partial charge on any atom is -0.445 e. The fraction of sp³-hybridized carbons (Fsp3) is 0.317. The van der Waals surface area contributed by atoms with Gasteiger partial charge in [0.1, 0.15) is 12.6 Å². The number of nitrogens with zero attached hydrogens (tertiary/aromatic N) is 2. The van der Waals surface area contributed by atoms with Crippen LogP contribution in [0.5, 0.6) is 0 Å². The Balaban J connectivity index is 1.27. The first-order valence-electron chi connectivity index (χ1n) is 17.2. The van der Waals surface area contributed by atoms with E-state index in [1.807, 2.05) is 122 Å². The molecular formula is C41H46N4O5. The van der Waals surface area contributed by atoms with Crippen molar-refractivity contribution in [2.75, 3.05) is 18.0 Å². The van der Waals surface area contributed by atoms with Crippen LogP contribution < -0.4 is 15.5 Å². The van der Waals surface area contributed by atoms with Gasteiger partial charge in [0.2, 0.25) is 11.8 Å². The number of amides is 4. The summed E-state index contributed by atoms with van der Waals surface area (Å²) in [6.45, 7) is 9.13. The normalized spacial score (nSPS) is 14.3. The predicted molar refractivity (Wildman–Crippen MR) is 195 cm³/mol. The third-order valence-corrected chi connectivity index (χ3v) is 8.95. The van der Waals surface area contributed by atoms with Crippen LogP contribution in [0.2, 0.25) is 0 Å². The molecule has 0 radical (unpaired) electrons. The van der Waals surface area contributed by atoms with Gasteiger partial charge in [-0.1, -0.05) is 91.0 Å². The number of nitrogens with one attached hydrogen (secondary N) is 2. The summed E-state index contributed by atoms with van der Waals surface area (Å²) in [5, 5.41) is 5.73. The van der Waals surface area contributed by atoms with Crippen molar-refractivity contribution in [1.29, 1.82) is 0 Å². The Kier molecular flexibility index (Phi) is 11.7. The summed E-state index contributed by atoms with van der Waals surface area (Å²) in [6, 6.07) is 32.0. The number of carbonyl (C=O) groups is 4. The van der Waals surface area contributed by atoms with E-state index in [1.165, 1.54) is 0 Å². The second-order valence-electron chi connectivity index (χ2n) is 13.2. The first kappa shape index (κ1) is 35.9. The number of para-hydroxylation sites is 1. The lowest BCUT2D eigenvalue weighted by molar-refractivity contribution is -0.128. The Bertz CT molecular complexity index is 1800. The number of rotatable bonds is 12. The standard InChI is InChI=1S/C41H46N4O5/c1-5-44(6-2)38(47)34-18-12-11-17-33(34)31-22-20-29(21-23-31)27-45-36-19-13-10-16-32(36)24-25-35(39(45)48)42-37(46)26-41(3,4)43-40(49)50-28-30-14-8-7-9-15-30/h7-23,35H,5-6,24-28H2,1-4H3,(H,42,46)(H,43,49)/t35-/m1/s1. The van der Waals surface area contributed by atoms with Crippen LogP contribution in [0.3, 0.4) is 0 Å². The predicted octanol–water partition coefficient (Wildman–Crippen LogP) is 6.89. The molecule has 0 saturated carbocycles. The van der Waals surface area contributed by atoms with E-state index in [9.17, 15) is 19.2 Å². The van der Waals surface area contributed by atoms with Crippen LogP contribution in [0.1, 0.15) is 67.6 Å². The molecule has 50 heavy (non-hydrogen) atoms. The SMILES string of the molecule is CCN(CC)C(=O)c1ccccc1-c1ccc(CN2C(=O)[C@H](NC(=O)CC(C)(C)NC(=O)OCc3ccccc3)CCc3ccccc32)cc1. The molecule has 260 valence electrons. The first-order valence-corrected chi connectivity index (χ1v) is 17.2. The van der Waals surface area contributed by atoms with Crippen molar-refractivity contribution < 1.29 is 23.9 Å². The number of carbonyl (C=O) groups excluding carboxylic acids is 4. The Labute approximate surface area is 294 Å². The number of anilines is 1. The molecule has 0 saturated heterocycles. The highest BCUT2D eigenvalue weighted by Gasteiger charge is 2.33. The van der Waals surface area contributed by atoms with Crippen molar-refractivity contribution in [3.63, 3.8) is 0 Å². The summed E-state index contributed by atoms with van der Waals surface area (Å²) < 4.78 is 5.34. The van der Waals surface area contributed by atoms with Gasteiger partial charge in [0, 0.05) is 36.3 Å². The second kappa shape index (κ2) is 16.3. The smallest absolute Gasteiger partial charge is 0.407 e. The number of benzene rings is 4. The van der Waals surface area contributed by atoms with Crippen molar-refractivity contribution in [2.45, 2.75) is 71.7 Å². The monoisotopic (exact) mass is 674 g/mol. The lowest BCUT2D eigenvalue weighted by Crippen LogP contribution is -2.51. The topological polar surface area (TPSA) is 108 Å². The van der Waals surface area contributed by atoms with E-state index in [0.717, 1.165) is 33.5 Å². The van der Waals surface area contributed by atoms with Gasteiger partial charge in [-0.15, -0.1) is 0 Å². The zero-order valence-corrected chi connectivity index (χ0v) is 29.3. The molecule has 0 fully saturated rings. The van der Waals surface area contributed by atoms with Gasteiger partial charge in [0.05, 0.1) is 6.54 Å². The van der Waals surface area contributed by atoms with Crippen LogP contribution in [-0.4, -0.2) is 53.4 Å². The molecule has 5 rings (SSSR count). The Morgan fingerprint density at radius 2 is 1.50 bits per heavy atom. The van der Waals surface area contributed by atoms with E-state index in [0.29, 0.717) is 38.0 Å². The lowest BCUT2D eigenvalue weighted by Gasteiger charge is -2.28. The van der Waals surface area contributed by atoms with Gasteiger partial charge in [-0.25, -0.2) is 4.79 Å². The molecule has 1 heterocycles. The molecule has 0 aromatic heterocycles. The summed E-state index contributed by atoms with van der Waals surface area (Å²) in [5.41, 5.74) is 5.13. The Morgan fingerprint density at radius 1 is 0.840 bits per heavy atom. The van der Waals surface area contributed by atoms with Crippen molar-refractivity contribution in [3.8, 4) is 11.1 Å². The van der Waals surface area contributed by atoms with Crippen molar-refractivity contribution in [2.24, 2.45) is 0 Å². The van der Waals surface area contributed by atoms with Gasteiger partial charge < -0.3 is 25.2 Å². The molecule has 9 nitrogen and oxygen atoms in total. The van der Waals surface area contributed by atoms with Crippen LogP contribution in [0.4, 0.5) is 10.5 Å². The van der Waals surface area contributed by atoms with Crippen LogP contribution in [0, 0.1) is 0 Å². The molecule has 4 amide bonds. The molecule has 1 aliphatic rings. The molecular weight excluding hydrogens is 628 g/mol. The largest absolute Gasteiger partial charge is 0.445 e. The quantitative estimate of drug-likeness (QED) is 0.170. The lowest BCUT2D eigenvalue weighted by atomic mass is 9.97. The Morgan fingerprint density at radius 3 is 2.22 bits per heavy atom. The van der Waals surface area contributed by atoms with E-state index in [-0.39, 0.29) is 30.7 Å². The minimum atomic E-state index is -0.912. The van der Waals surface area contributed by atoms with E-state index in [2.05, 4.69) is 10.6 Å². The minimum absolute atomic E-state index is 0.00306. The molecule has 1 atom stereocenters. The highest BCUT2D eigenvalue weighted by Crippen LogP contribution is 2.30. The van der Waals surface area contributed by atoms with Gasteiger partial charge in [-0.2, -0.15) is 0 Å². The maximum Gasteiger partial charge on any atom is 0.407 e. The van der Waals surface area contributed by atoms with Crippen molar-refractivity contribution >= 4 is 29.5 Å². The molecule has 9 heteroatoms. The first-order chi connectivity index (χ1) is 24.1. The molecule has 0 bridgehead atoms. The van der Waals surface area contributed by atoms with Crippen molar-refractivity contribution in [3.05, 3.63) is 125 Å². The maximum absolute atomic E-state index is 14.1. The second-order valence-corrected chi connectivity index (χ2v) is 13.2. The van der Waals surface area contributed by atoms with Gasteiger partial charge in [-0.05, 0) is 80.5 Å². The van der Waals surface area contributed by atoms with Crippen LogP contribution in [0.15, 0.2) is 103 Å². The summed E-state index contributed by atoms with van der Waals surface area (Å²) in [5.74, 6) is -0.544. The van der Waals surface area contributed by atoms with Crippen molar-refractivity contribution in [1.82, 2.24) is 15.5 Å². The van der Waals surface area contributed by atoms with E-state index in [4.69, 9.17) is 4.74 Å². The van der Waals surface area contributed by atoms with Gasteiger partial charge in [0.25, 0.3) is 5.91 Å². The zero-order valence-electron chi connectivity index (χ0n) is 29.3. The van der Waals surface area contributed by atoms with Gasteiger partial charge in [0.15, 0.2) is 0 Å². The van der Waals surface area contributed by atoms with Crippen LogP contribution in [0.25, 0.3) is 11.1 Å². The number of aryl methyl sites for hydroxylation is 1. The molecule has 0 unspecified atom stereocenters. The van der Waals surface area contributed by atoms with E-state index >= 15 is 0 Å². The number of hydrogen-bond donors (Lipinski definition) is 2. The van der Waals surface area contributed by atoms with E-state index < -0.39 is 17.7 Å². The Hall–Kier alpha value is -5.44. The number of hydrogen-bond acceptors (Lipinski definition) is 5. The van der Waals surface area contributed by atoms with Gasteiger partial charge >= 0.3 is 6.09 Å². The molecule has 4 aromatic rings. The molecule has 0 spiro atoms. The molecule has 1 aliphatic heterocycles. The fourth-order valence-electron chi connectivity index (χ4n) is 6.31. The number of alkyl carbamates (subject to hydrolysis) is 1. The van der Waals surface area contributed by atoms with Crippen LogP contribution in [-0.2, 0) is 33.9 Å². The van der Waals surface area contributed by atoms with Crippen LogP contribution >= 0.6 is 0 Å². The van der Waals surface area contributed by atoms with Gasteiger partial charge in [-0.3, -0.25) is 14.4 Å².